The summed E-state index contributed by atoms with van der Waals surface area (Å²) in [6.45, 7) is 0. The first kappa shape index (κ1) is 10.5. The standard InChI is InChI=1S/C9H8BrClO2/c10-4-9(13)6-1-2-8(12)7(3-6)5-11/h1-3,12H,4-5H2. The van der Waals surface area contributed by atoms with Gasteiger partial charge in [0.25, 0.3) is 0 Å². The Hall–Kier alpha value is -0.540. The Kier molecular flexibility index (Phi) is 3.75. The van der Waals surface area contributed by atoms with Crippen LogP contribution in [0.15, 0.2) is 18.2 Å². The van der Waals surface area contributed by atoms with E-state index >= 15 is 0 Å². The van der Waals surface area contributed by atoms with Crippen LogP contribution in [-0.4, -0.2) is 16.2 Å². The van der Waals surface area contributed by atoms with Gasteiger partial charge in [-0.15, -0.1) is 11.6 Å². The van der Waals surface area contributed by atoms with E-state index < -0.39 is 0 Å². The second-order valence-corrected chi connectivity index (χ2v) is 3.36. The highest BCUT2D eigenvalue weighted by molar-refractivity contribution is 9.09. The third kappa shape index (κ3) is 2.45. The highest BCUT2D eigenvalue weighted by Crippen LogP contribution is 2.20. The molecule has 70 valence electrons. The number of halogens is 2. The van der Waals surface area contributed by atoms with Crippen molar-refractivity contribution >= 4 is 33.3 Å². The zero-order valence-electron chi connectivity index (χ0n) is 6.76. The Balaban J connectivity index is 3.06. The van der Waals surface area contributed by atoms with E-state index in [4.69, 9.17) is 11.6 Å². The molecule has 0 spiro atoms. The topological polar surface area (TPSA) is 37.3 Å². The number of carbonyl (C=O) groups excluding carboxylic acids is 1. The zero-order valence-corrected chi connectivity index (χ0v) is 9.10. The fraction of sp³-hybridized carbons (Fsp3) is 0.222. The highest BCUT2D eigenvalue weighted by atomic mass is 79.9. The molecule has 1 aromatic carbocycles. The Morgan fingerprint density at radius 2 is 2.23 bits per heavy atom. The van der Waals surface area contributed by atoms with Crippen molar-refractivity contribution in [2.45, 2.75) is 5.88 Å². The molecule has 1 aromatic rings. The molecule has 1 rings (SSSR count). The van der Waals surface area contributed by atoms with Crippen LogP contribution in [-0.2, 0) is 5.88 Å². The SMILES string of the molecule is O=C(CBr)c1ccc(O)c(CCl)c1. The van der Waals surface area contributed by atoms with Crippen LogP contribution in [0.25, 0.3) is 0 Å². The predicted octanol–water partition coefficient (Wildman–Crippen LogP) is 2.71. The van der Waals surface area contributed by atoms with Crippen LogP contribution < -0.4 is 0 Å². The van der Waals surface area contributed by atoms with Gasteiger partial charge in [0.1, 0.15) is 5.75 Å². The minimum absolute atomic E-state index is 0.0219. The summed E-state index contributed by atoms with van der Waals surface area (Å²) in [6.07, 6.45) is 0. The molecule has 0 aromatic heterocycles. The fourth-order valence-electron chi connectivity index (χ4n) is 0.943. The molecule has 0 aliphatic heterocycles. The van der Waals surface area contributed by atoms with Crippen molar-refractivity contribution in [3.05, 3.63) is 29.3 Å². The summed E-state index contributed by atoms with van der Waals surface area (Å²) in [5, 5.41) is 9.56. The number of phenols is 1. The third-order valence-corrected chi connectivity index (χ3v) is 2.46. The summed E-state index contributed by atoms with van der Waals surface area (Å²) in [7, 11) is 0. The first-order valence-corrected chi connectivity index (χ1v) is 5.31. The number of Topliss-reactive ketones (excluding diaryl/α,β-unsaturated/α-hetero) is 1. The van der Waals surface area contributed by atoms with Gasteiger partial charge in [-0.05, 0) is 18.2 Å². The van der Waals surface area contributed by atoms with Gasteiger partial charge in [0.05, 0.1) is 11.2 Å². The second-order valence-electron chi connectivity index (χ2n) is 2.53. The molecule has 1 N–H and O–H groups in total. The molecular weight excluding hydrogens is 255 g/mol. The molecule has 0 amide bonds. The number of hydrogen-bond acceptors (Lipinski definition) is 2. The van der Waals surface area contributed by atoms with Crippen molar-refractivity contribution in [1.29, 1.82) is 0 Å². The molecular formula is C9H8BrClO2. The summed E-state index contributed by atoms with van der Waals surface area (Å²) in [6, 6.07) is 4.66. The Morgan fingerprint density at radius 1 is 1.54 bits per heavy atom. The number of ketones is 1. The van der Waals surface area contributed by atoms with Crippen LogP contribution >= 0.6 is 27.5 Å². The summed E-state index contributed by atoms with van der Waals surface area (Å²) in [5.74, 6) is 0.308. The quantitative estimate of drug-likeness (QED) is 0.672. The van der Waals surface area contributed by atoms with Gasteiger partial charge in [-0.2, -0.15) is 0 Å². The van der Waals surface area contributed by atoms with Crippen molar-refractivity contribution in [3.63, 3.8) is 0 Å². The van der Waals surface area contributed by atoms with E-state index in [0.717, 1.165) is 0 Å². The number of aromatic hydroxyl groups is 1. The molecule has 0 fully saturated rings. The van der Waals surface area contributed by atoms with E-state index in [0.29, 0.717) is 11.1 Å². The number of rotatable bonds is 3. The van der Waals surface area contributed by atoms with E-state index in [1.54, 1.807) is 12.1 Å². The van der Waals surface area contributed by atoms with Crippen LogP contribution in [0.5, 0.6) is 5.75 Å². The van der Waals surface area contributed by atoms with Gasteiger partial charge in [-0.3, -0.25) is 4.79 Å². The number of carbonyl (C=O) groups is 1. The average Bonchev–Trinajstić information content (AvgIpc) is 2.17. The first-order valence-electron chi connectivity index (χ1n) is 3.66. The van der Waals surface area contributed by atoms with Crippen LogP contribution in [0, 0.1) is 0 Å². The van der Waals surface area contributed by atoms with Crippen molar-refractivity contribution in [1.82, 2.24) is 0 Å². The van der Waals surface area contributed by atoms with Gasteiger partial charge >= 0.3 is 0 Å². The lowest BCUT2D eigenvalue weighted by Gasteiger charge is -2.02. The van der Waals surface area contributed by atoms with E-state index in [1.807, 2.05) is 0 Å². The average molecular weight is 264 g/mol. The number of hydrogen-bond donors (Lipinski definition) is 1. The normalized spacial score (nSPS) is 10.0. The maximum Gasteiger partial charge on any atom is 0.173 e. The minimum atomic E-state index is -0.0219. The molecule has 0 unspecified atom stereocenters. The first-order chi connectivity index (χ1) is 6.19. The Morgan fingerprint density at radius 3 is 2.77 bits per heavy atom. The maximum absolute atomic E-state index is 11.2. The zero-order chi connectivity index (χ0) is 9.84. The van der Waals surface area contributed by atoms with E-state index in [-0.39, 0.29) is 22.7 Å². The summed E-state index contributed by atoms with van der Waals surface area (Å²) >= 11 is 8.64. The number of alkyl halides is 2. The highest BCUT2D eigenvalue weighted by Gasteiger charge is 2.06. The van der Waals surface area contributed by atoms with Gasteiger partial charge in [0, 0.05) is 11.1 Å². The molecule has 0 saturated carbocycles. The second kappa shape index (κ2) is 4.63. The molecule has 2 nitrogen and oxygen atoms in total. The van der Waals surface area contributed by atoms with Crippen molar-refractivity contribution < 1.29 is 9.90 Å². The van der Waals surface area contributed by atoms with Gasteiger partial charge in [0.2, 0.25) is 0 Å². The van der Waals surface area contributed by atoms with Gasteiger partial charge in [-0.25, -0.2) is 0 Å². The fourth-order valence-corrected chi connectivity index (χ4v) is 1.48. The van der Waals surface area contributed by atoms with Crippen LogP contribution in [0.2, 0.25) is 0 Å². The Bertz CT molecular complexity index is 325. The number of phenolic OH excluding ortho intramolecular Hbond substituents is 1. The maximum atomic E-state index is 11.2. The summed E-state index contributed by atoms with van der Waals surface area (Å²) < 4.78 is 0. The monoisotopic (exact) mass is 262 g/mol. The molecule has 0 saturated heterocycles. The van der Waals surface area contributed by atoms with Crippen molar-refractivity contribution in [3.8, 4) is 5.75 Å². The third-order valence-electron chi connectivity index (χ3n) is 1.67. The van der Waals surface area contributed by atoms with E-state index in [1.165, 1.54) is 6.07 Å². The van der Waals surface area contributed by atoms with E-state index in [9.17, 15) is 9.90 Å². The molecule has 0 atom stereocenters. The molecule has 4 heteroatoms. The molecule has 0 radical (unpaired) electrons. The lowest BCUT2D eigenvalue weighted by atomic mass is 10.1. The number of benzene rings is 1. The van der Waals surface area contributed by atoms with Crippen LogP contribution in [0.3, 0.4) is 0 Å². The molecule has 13 heavy (non-hydrogen) atoms. The predicted molar refractivity (Wildman–Crippen MR) is 55.8 cm³/mol. The lowest BCUT2D eigenvalue weighted by Crippen LogP contribution is -2.00. The molecule has 0 aliphatic rings. The van der Waals surface area contributed by atoms with Gasteiger partial charge in [0.15, 0.2) is 5.78 Å². The van der Waals surface area contributed by atoms with Crippen molar-refractivity contribution in [2.24, 2.45) is 0 Å². The lowest BCUT2D eigenvalue weighted by molar-refractivity contribution is 0.102. The van der Waals surface area contributed by atoms with Crippen molar-refractivity contribution in [2.75, 3.05) is 5.33 Å². The largest absolute Gasteiger partial charge is 0.508 e. The van der Waals surface area contributed by atoms with Crippen LogP contribution in [0.1, 0.15) is 15.9 Å². The Labute approximate surface area is 89.7 Å². The smallest absolute Gasteiger partial charge is 0.173 e. The summed E-state index contributed by atoms with van der Waals surface area (Å²) in [4.78, 5) is 11.2. The minimum Gasteiger partial charge on any atom is -0.508 e. The molecule has 0 bridgehead atoms. The van der Waals surface area contributed by atoms with Gasteiger partial charge < -0.3 is 5.11 Å². The van der Waals surface area contributed by atoms with Gasteiger partial charge in [-0.1, -0.05) is 15.9 Å². The molecule has 0 aliphatic carbocycles. The summed E-state index contributed by atoms with van der Waals surface area (Å²) in [5.41, 5.74) is 1.14. The molecule has 0 heterocycles. The van der Waals surface area contributed by atoms with Crippen LogP contribution in [0.4, 0.5) is 0 Å². The van der Waals surface area contributed by atoms with E-state index in [2.05, 4.69) is 15.9 Å².